The Morgan fingerprint density at radius 1 is 1.20 bits per heavy atom. The molecule has 0 saturated carbocycles. The van der Waals surface area contributed by atoms with Gasteiger partial charge in [0.15, 0.2) is 0 Å². The molecular formula is C18H14F5NO. The van der Waals surface area contributed by atoms with Crippen LogP contribution in [0.1, 0.15) is 11.3 Å². The van der Waals surface area contributed by atoms with Gasteiger partial charge in [0.2, 0.25) is 0 Å². The summed E-state index contributed by atoms with van der Waals surface area (Å²) < 4.78 is 71.8. The molecule has 1 aliphatic heterocycles. The molecule has 0 amide bonds. The van der Waals surface area contributed by atoms with Crippen molar-refractivity contribution in [1.29, 1.82) is 0 Å². The van der Waals surface area contributed by atoms with Crippen LogP contribution in [0.5, 0.6) is 5.75 Å². The molecule has 25 heavy (non-hydrogen) atoms. The third-order valence-electron chi connectivity index (χ3n) is 4.26. The SMILES string of the molecule is C=C(c1cc2c(c(-c3ccc(F)cc3)n1)OCC2(CF)CF)C(F)F. The maximum absolute atomic E-state index is 13.6. The summed E-state index contributed by atoms with van der Waals surface area (Å²) in [6.45, 7) is 0.926. The molecule has 1 aromatic carbocycles. The van der Waals surface area contributed by atoms with Crippen molar-refractivity contribution in [3.05, 3.63) is 54.0 Å². The van der Waals surface area contributed by atoms with Gasteiger partial charge in [-0.3, -0.25) is 0 Å². The fraction of sp³-hybridized carbons (Fsp3) is 0.278. The summed E-state index contributed by atoms with van der Waals surface area (Å²) >= 11 is 0. The van der Waals surface area contributed by atoms with Gasteiger partial charge in [-0.15, -0.1) is 0 Å². The summed E-state index contributed by atoms with van der Waals surface area (Å²) in [6.07, 6.45) is -2.88. The van der Waals surface area contributed by atoms with Crippen molar-refractivity contribution in [1.82, 2.24) is 4.98 Å². The number of hydrogen-bond donors (Lipinski definition) is 0. The van der Waals surface area contributed by atoms with Gasteiger partial charge < -0.3 is 4.74 Å². The van der Waals surface area contributed by atoms with Crippen molar-refractivity contribution in [2.24, 2.45) is 0 Å². The summed E-state index contributed by atoms with van der Waals surface area (Å²) in [4.78, 5) is 4.13. The van der Waals surface area contributed by atoms with Crippen LogP contribution < -0.4 is 4.74 Å². The van der Waals surface area contributed by atoms with E-state index in [1.54, 1.807) is 0 Å². The normalized spacial score (nSPS) is 15.1. The molecule has 0 bridgehead atoms. The zero-order valence-electron chi connectivity index (χ0n) is 13.0. The third kappa shape index (κ3) is 2.88. The molecule has 1 aliphatic rings. The van der Waals surface area contributed by atoms with Crippen LogP contribution in [-0.4, -0.2) is 31.4 Å². The standard InChI is InChI=1S/C18H14F5NO/c1-10(17(22)23)14-6-13-16(25-9-18(13,7-19)8-20)15(24-14)11-2-4-12(21)5-3-11/h2-6,17H,1,7-9H2. The number of hydrogen-bond acceptors (Lipinski definition) is 2. The average molecular weight is 355 g/mol. The topological polar surface area (TPSA) is 22.1 Å². The van der Waals surface area contributed by atoms with Crippen LogP contribution in [-0.2, 0) is 5.41 Å². The number of benzene rings is 1. The predicted molar refractivity (Wildman–Crippen MR) is 83.8 cm³/mol. The van der Waals surface area contributed by atoms with E-state index in [0.29, 0.717) is 5.56 Å². The lowest BCUT2D eigenvalue weighted by atomic mass is 9.84. The van der Waals surface area contributed by atoms with Gasteiger partial charge in [-0.2, -0.15) is 0 Å². The number of rotatable bonds is 5. The Balaban J connectivity index is 2.24. The number of aromatic nitrogens is 1. The van der Waals surface area contributed by atoms with E-state index in [4.69, 9.17) is 4.74 Å². The molecule has 0 unspecified atom stereocenters. The maximum atomic E-state index is 13.6. The van der Waals surface area contributed by atoms with Crippen LogP contribution in [0.15, 0.2) is 36.9 Å². The lowest BCUT2D eigenvalue weighted by Crippen LogP contribution is -2.33. The highest BCUT2D eigenvalue weighted by atomic mass is 19.3. The lowest BCUT2D eigenvalue weighted by Gasteiger charge is -2.21. The van der Waals surface area contributed by atoms with Crippen molar-refractivity contribution >= 4 is 5.57 Å². The summed E-state index contributed by atoms with van der Waals surface area (Å²) in [5, 5.41) is 0. The molecule has 132 valence electrons. The number of halogens is 5. The van der Waals surface area contributed by atoms with Crippen LogP contribution in [0.25, 0.3) is 16.8 Å². The van der Waals surface area contributed by atoms with Gasteiger partial charge in [0, 0.05) is 16.7 Å². The number of pyridine rings is 1. The molecule has 0 N–H and O–H groups in total. The van der Waals surface area contributed by atoms with Gasteiger partial charge in [-0.1, -0.05) is 6.58 Å². The van der Waals surface area contributed by atoms with E-state index in [1.807, 2.05) is 0 Å². The Labute approximate surface area is 141 Å². The number of alkyl halides is 4. The number of fused-ring (bicyclic) bond motifs is 1. The molecule has 3 rings (SSSR count). The van der Waals surface area contributed by atoms with E-state index in [2.05, 4.69) is 11.6 Å². The molecule has 0 spiro atoms. The van der Waals surface area contributed by atoms with Gasteiger partial charge in [0.1, 0.15) is 37.2 Å². The molecule has 2 heterocycles. The minimum Gasteiger partial charge on any atom is -0.490 e. The zero-order chi connectivity index (χ0) is 18.2. The first kappa shape index (κ1) is 17.4. The monoisotopic (exact) mass is 355 g/mol. The molecule has 0 saturated heterocycles. The second kappa shape index (κ2) is 6.46. The fourth-order valence-electron chi connectivity index (χ4n) is 2.70. The zero-order valence-corrected chi connectivity index (χ0v) is 13.0. The number of nitrogens with zero attached hydrogens (tertiary/aromatic N) is 1. The van der Waals surface area contributed by atoms with Gasteiger partial charge in [0.25, 0.3) is 6.43 Å². The molecule has 0 fully saturated rings. The fourth-order valence-corrected chi connectivity index (χ4v) is 2.70. The van der Waals surface area contributed by atoms with Gasteiger partial charge in [-0.05, 0) is 30.3 Å². The predicted octanol–water partition coefficient (Wildman–Crippen LogP) is 4.74. The van der Waals surface area contributed by atoms with Gasteiger partial charge in [0.05, 0.1) is 11.1 Å². The summed E-state index contributed by atoms with van der Waals surface area (Å²) in [6, 6.07) is 6.32. The largest absolute Gasteiger partial charge is 0.490 e. The van der Waals surface area contributed by atoms with E-state index < -0.39 is 36.6 Å². The number of ether oxygens (including phenoxy) is 1. The second-order valence-corrected chi connectivity index (χ2v) is 5.90. The Kier molecular flexibility index (Phi) is 4.49. The van der Waals surface area contributed by atoms with Crippen LogP contribution in [0.2, 0.25) is 0 Å². The van der Waals surface area contributed by atoms with Crippen LogP contribution in [0, 0.1) is 5.82 Å². The van der Waals surface area contributed by atoms with Crippen LogP contribution >= 0.6 is 0 Å². The highest BCUT2D eigenvalue weighted by Gasteiger charge is 2.43. The van der Waals surface area contributed by atoms with E-state index in [0.717, 1.165) is 0 Å². The first-order chi connectivity index (χ1) is 11.9. The van der Waals surface area contributed by atoms with E-state index in [9.17, 15) is 22.0 Å². The van der Waals surface area contributed by atoms with Crippen molar-refractivity contribution in [2.75, 3.05) is 20.0 Å². The Morgan fingerprint density at radius 3 is 2.40 bits per heavy atom. The molecule has 7 heteroatoms. The van der Waals surface area contributed by atoms with Crippen LogP contribution in [0.4, 0.5) is 22.0 Å². The first-order valence-electron chi connectivity index (χ1n) is 7.45. The Morgan fingerprint density at radius 2 is 1.84 bits per heavy atom. The number of allylic oxidation sites excluding steroid dienone is 1. The second-order valence-electron chi connectivity index (χ2n) is 5.90. The van der Waals surface area contributed by atoms with Crippen molar-refractivity contribution < 1.29 is 26.7 Å². The minimum absolute atomic E-state index is 0.118. The maximum Gasteiger partial charge on any atom is 0.265 e. The molecule has 1 aromatic heterocycles. The van der Waals surface area contributed by atoms with Crippen molar-refractivity contribution in [3.8, 4) is 17.0 Å². The smallest absolute Gasteiger partial charge is 0.265 e. The van der Waals surface area contributed by atoms with Gasteiger partial charge >= 0.3 is 0 Å². The average Bonchev–Trinajstić information content (AvgIpc) is 3.00. The van der Waals surface area contributed by atoms with E-state index >= 15 is 0 Å². The van der Waals surface area contributed by atoms with E-state index in [1.165, 1.54) is 30.3 Å². The minimum atomic E-state index is -2.88. The quantitative estimate of drug-likeness (QED) is 0.723. The molecule has 0 atom stereocenters. The molecule has 2 aromatic rings. The lowest BCUT2D eigenvalue weighted by molar-refractivity contribution is 0.185. The summed E-state index contributed by atoms with van der Waals surface area (Å²) in [7, 11) is 0. The first-order valence-corrected chi connectivity index (χ1v) is 7.45. The van der Waals surface area contributed by atoms with Crippen molar-refractivity contribution in [3.63, 3.8) is 0 Å². The van der Waals surface area contributed by atoms with Crippen LogP contribution in [0.3, 0.4) is 0 Å². The van der Waals surface area contributed by atoms with Crippen molar-refractivity contribution in [2.45, 2.75) is 11.8 Å². The van der Waals surface area contributed by atoms with Gasteiger partial charge in [-0.25, -0.2) is 26.9 Å². The summed E-state index contributed by atoms with van der Waals surface area (Å²) in [5.74, 6) is -0.371. The highest BCUT2D eigenvalue weighted by Crippen LogP contribution is 2.46. The third-order valence-corrected chi connectivity index (χ3v) is 4.26. The Bertz CT molecular complexity index is 800. The molecule has 0 aliphatic carbocycles. The van der Waals surface area contributed by atoms with E-state index in [-0.39, 0.29) is 29.3 Å². The molecular weight excluding hydrogens is 341 g/mol. The molecule has 2 nitrogen and oxygen atoms in total. The molecule has 0 radical (unpaired) electrons. The Hall–Kier alpha value is -2.44. The summed E-state index contributed by atoms with van der Waals surface area (Å²) in [5.41, 5.74) is -1.67. The highest BCUT2D eigenvalue weighted by molar-refractivity contribution is 5.75.